The van der Waals surface area contributed by atoms with E-state index < -0.39 is 54.4 Å². The minimum Gasteiger partial charge on any atom is -0.387 e. The van der Waals surface area contributed by atoms with Crippen molar-refractivity contribution in [3.05, 3.63) is 48.9 Å². The van der Waals surface area contributed by atoms with Crippen LogP contribution in [0.4, 0.5) is 5.82 Å². The Bertz CT molecular complexity index is 1380. The summed E-state index contributed by atoms with van der Waals surface area (Å²) in [6.45, 7) is -0.743. The molecule has 0 amide bonds. The number of hydrogen-bond donors (Lipinski definition) is 6. The van der Waals surface area contributed by atoms with Crippen LogP contribution in [0.25, 0.3) is 11.0 Å². The summed E-state index contributed by atoms with van der Waals surface area (Å²) in [5, 5.41) is 21.3. The first-order valence-electron chi connectivity index (χ1n) is 9.99. The third-order valence-corrected chi connectivity index (χ3v) is 9.83. The van der Waals surface area contributed by atoms with Crippen molar-refractivity contribution in [3.8, 4) is 0 Å². The molecule has 0 spiro atoms. The molecule has 0 saturated carbocycles. The Morgan fingerprint density at radius 3 is 2.36 bits per heavy atom. The van der Waals surface area contributed by atoms with Crippen molar-refractivity contribution in [1.29, 1.82) is 0 Å². The number of nitrogen functional groups attached to an aromatic ring is 1. The average molecular weight is 566 g/mol. The fourth-order valence-corrected chi connectivity index (χ4v) is 7.65. The summed E-state index contributed by atoms with van der Waals surface area (Å²) in [6, 6.07) is 8.31. The van der Waals surface area contributed by atoms with E-state index in [1.165, 1.54) is 47.4 Å². The number of nitrogens with two attached hydrogens (primary N) is 1. The maximum Gasteiger partial charge on any atom is 0.488 e. The molecule has 0 radical (unpaired) electrons. The maximum atomic E-state index is 13.4. The molecular formula is C17H21N4O12P3. The number of rotatable bonds is 9. The molecule has 2 aromatic heterocycles. The predicted molar refractivity (Wildman–Crippen MR) is 122 cm³/mol. The molecule has 3 aromatic rings. The molecule has 196 valence electrons. The molecule has 1 saturated heterocycles. The van der Waals surface area contributed by atoms with Gasteiger partial charge in [0, 0.05) is 6.20 Å². The van der Waals surface area contributed by atoms with Gasteiger partial charge < -0.3 is 44.5 Å². The molecule has 0 aliphatic carbocycles. The maximum absolute atomic E-state index is 13.4. The first-order chi connectivity index (χ1) is 16.8. The highest BCUT2D eigenvalue weighted by Crippen LogP contribution is 2.67. The van der Waals surface area contributed by atoms with Crippen LogP contribution in [0.5, 0.6) is 0 Å². The van der Waals surface area contributed by atoms with E-state index in [1.807, 2.05) is 0 Å². The van der Waals surface area contributed by atoms with Gasteiger partial charge in [0.2, 0.25) is 0 Å². The molecule has 1 aliphatic heterocycles. The smallest absolute Gasteiger partial charge is 0.387 e. The number of nitrogens with zero attached hydrogens (tertiary/aromatic N) is 3. The van der Waals surface area contributed by atoms with Gasteiger partial charge in [-0.25, -0.2) is 23.4 Å². The number of aromatic nitrogens is 3. The highest BCUT2D eigenvalue weighted by molar-refractivity contribution is 7.72. The van der Waals surface area contributed by atoms with Gasteiger partial charge in [-0.3, -0.25) is 4.57 Å². The van der Waals surface area contributed by atoms with Crippen molar-refractivity contribution >= 4 is 45.4 Å². The van der Waals surface area contributed by atoms with Crippen LogP contribution < -0.4 is 11.0 Å². The van der Waals surface area contributed by atoms with Crippen molar-refractivity contribution < 1.29 is 56.5 Å². The van der Waals surface area contributed by atoms with Crippen LogP contribution in [0.15, 0.2) is 48.9 Å². The van der Waals surface area contributed by atoms with Crippen molar-refractivity contribution in [1.82, 2.24) is 14.5 Å². The van der Waals surface area contributed by atoms with Crippen molar-refractivity contribution in [2.45, 2.75) is 24.5 Å². The second-order valence-corrected chi connectivity index (χ2v) is 12.5. The Hall–Kier alpha value is -2.03. The molecule has 1 aliphatic rings. The van der Waals surface area contributed by atoms with Crippen LogP contribution in [-0.4, -0.2) is 64.3 Å². The Morgan fingerprint density at radius 1 is 1.00 bits per heavy atom. The zero-order chi connectivity index (χ0) is 26.3. The summed E-state index contributed by atoms with van der Waals surface area (Å²) >= 11 is 0. The van der Waals surface area contributed by atoms with Crippen LogP contribution >= 0.6 is 23.2 Å². The molecule has 1 aromatic carbocycles. The third kappa shape index (κ3) is 5.76. The molecular weight excluding hydrogens is 545 g/mol. The fraction of sp³-hybridized carbons (Fsp3) is 0.294. The van der Waals surface area contributed by atoms with Gasteiger partial charge in [0.15, 0.2) is 6.23 Å². The number of fused-ring (bicyclic) bond motifs is 1. The van der Waals surface area contributed by atoms with Crippen molar-refractivity contribution in [3.63, 3.8) is 0 Å². The number of ether oxygens (including phenoxy) is 1. The van der Waals surface area contributed by atoms with Gasteiger partial charge in [0.05, 0.1) is 17.3 Å². The quantitative estimate of drug-likeness (QED) is 0.192. The molecule has 1 fully saturated rings. The van der Waals surface area contributed by atoms with Crippen LogP contribution in [0.2, 0.25) is 0 Å². The van der Waals surface area contributed by atoms with Crippen LogP contribution in [0.1, 0.15) is 6.23 Å². The number of aliphatic hydroxyl groups is 2. The topological polar surface area (TPSA) is 246 Å². The molecule has 7 N–H and O–H groups in total. The van der Waals surface area contributed by atoms with Crippen molar-refractivity contribution in [2.24, 2.45) is 0 Å². The van der Waals surface area contributed by atoms with Gasteiger partial charge >= 0.3 is 23.2 Å². The summed E-state index contributed by atoms with van der Waals surface area (Å²) in [7, 11) is -15.9. The van der Waals surface area contributed by atoms with E-state index in [0.29, 0.717) is 11.0 Å². The Balaban J connectivity index is 1.56. The normalized spacial score (nSPS) is 26.0. The molecule has 3 heterocycles. The van der Waals surface area contributed by atoms with Crippen LogP contribution in [0.3, 0.4) is 0 Å². The van der Waals surface area contributed by atoms with E-state index in [1.54, 1.807) is 6.07 Å². The number of hydrogen-bond acceptors (Lipinski definition) is 12. The van der Waals surface area contributed by atoms with Crippen LogP contribution in [-0.2, 0) is 31.6 Å². The van der Waals surface area contributed by atoms with Gasteiger partial charge in [0.25, 0.3) is 0 Å². The monoisotopic (exact) mass is 566 g/mol. The number of phosphoric acid groups is 2. The molecule has 6 unspecified atom stereocenters. The van der Waals surface area contributed by atoms with Gasteiger partial charge in [-0.1, -0.05) is 18.2 Å². The zero-order valence-corrected chi connectivity index (χ0v) is 20.7. The summed E-state index contributed by atoms with van der Waals surface area (Å²) in [5.74, 6) is 0.179. The second-order valence-electron chi connectivity index (χ2n) is 7.52. The summed E-state index contributed by atoms with van der Waals surface area (Å²) < 4.78 is 57.2. The highest BCUT2D eigenvalue weighted by atomic mass is 31.3. The lowest BCUT2D eigenvalue weighted by Crippen LogP contribution is -2.34. The lowest BCUT2D eigenvalue weighted by Gasteiger charge is -2.23. The van der Waals surface area contributed by atoms with Gasteiger partial charge in [-0.05, 0) is 18.2 Å². The Kier molecular flexibility index (Phi) is 7.53. The summed E-state index contributed by atoms with van der Waals surface area (Å²) in [5.41, 5.74) is 6.11. The minimum absolute atomic E-state index is 0.179. The van der Waals surface area contributed by atoms with E-state index in [9.17, 15) is 28.8 Å². The molecule has 19 heteroatoms. The van der Waals surface area contributed by atoms with E-state index in [4.69, 9.17) is 24.8 Å². The molecule has 6 atom stereocenters. The number of anilines is 1. The van der Waals surface area contributed by atoms with E-state index in [2.05, 4.69) is 18.6 Å². The lowest BCUT2D eigenvalue weighted by molar-refractivity contribution is -0.0478. The second kappa shape index (κ2) is 10.0. The fourth-order valence-electron chi connectivity index (χ4n) is 3.51. The average Bonchev–Trinajstić information content (AvgIpc) is 3.33. The van der Waals surface area contributed by atoms with E-state index in [0.717, 1.165) is 0 Å². The number of aliphatic hydroxyl groups excluding tert-OH is 2. The standard InChI is InChI=1S/C17H21N4O12P3/c18-15-11-6-7-21(16(11)20-9-19-15)17-14(23)13(22)12(31-17)8-30-34(24,10-4-2-1-3-5-10)32-36(28,29)33-35(25,26)27/h1-7,9,12-14,17,22-23H,8H2,(H,28,29)(H2,18,19,20)(H2,25,26,27). The Labute approximate surface area is 202 Å². The van der Waals surface area contributed by atoms with Crippen molar-refractivity contribution in [2.75, 3.05) is 12.3 Å². The molecule has 4 rings (SSSR count). The summed E-state index contributed by atoms with van der Waals surface area (Å²) in [4.78, 5) is 35.4. The summed E-state index contributed by atoms with van der Waals surface area (Å²) in [6.07, 6.45) is -2.90. The number of benzene rings is 1. The van der Waals surface area contributed by atoms with E-state index in [-0.39, 0.29) is 11.1 Å². The van der Waals surface area contributed by atoms with Crippen LogP contribution in [0, 0.1) is 0 Å². The highest BCUT2D eigenvalue weighted by Gasteiger charge is 2.47. The Morgan fingerprint density at radius 2 is 1.69 bits per heavy atom. The minimum atomic E-state index is -5.61. The van der Waals surface area contributed by atoms with Gasteiger partial charge in [0.1, 0.15) is 36.1 Å². The molecule has 36 heavy (non-hydrogen) atoms. The first kappa shape index (κ1) is 27.0. The predicted octanol–water partition coefficient (Wildman–Crippen LogP) is 0.394. The SMILES string of the molecule is Nc1ncnc2c1ccn2C1OC(COP(=O)(OP(=O)(O)OP(=O)(O)O)c2ccccc2)C(O)C1O. The molecule has 16 nitrogen and oxygen atoms in total. The van der Waals surface area contributed by atoms with Gasteiger partial charge in [-0.2, -0.15) is 4.31 Å². The van der Waals surface area contributed by atoms with E-state index >= 15 is 0 Å². The molecule has 0 bridgehead atoms. The lowest BCUT2D eigenvalue weighted by atomic mass is 10.1. The third-order valence-electron chi connectivity index (χ3n) is 5.05. The van der Waals surface area contributed by atoms with Gasteiger partial charge in [-0.15, -0.1) is 0 Å². The first-order valence-corrected chi connectivity index (χ1v) is 14.6. The zero-order valence-electron chi connectivity index (χ0n) is 18.0. The largest absolute Gasteiger partial charge is 0.488 e.